The molecule has 2 aliphatic heterocycles. The number of ether oxygens (including phenoxy) is 2. The smallest absolute Gasteiger partial charge is 0.187 e. The number of halogens is 2. The Kier molecular flexibility index (Phi) is 8.29. The summed E-state index contributed by atoms with van der Waals surface area (Å²) >= 11 is 0. The molecule has 8 atom stereocenters. The van der Waals surface area contributed by atoms with Crippen molar-refractivity contribution in [2.24, 2.45) is 0 Å². The molecule has 2 fully saturated rings. The molecule has 0 amide bonds. The predicted molar refractivity (Wildman–Crippen MR) is 92.0 cm³/mol. The van der Waals surface area contributed by atoms with Crippen LogP contribution in [0.15, 0.2) is 24.3 Å². The second-order valence-electron chi connectivity index (χ2n) is 6.57. The Labute approximate surface area is 165 Å². The summed E-state index contributed by atoms with van der Waals surface area (Å²) < 4.78 is 24.9. The molecule has 0 spiro atoms. The summed E-state index contributed by atoms with van der Waals surface area (Å²) in [5.74, 6) is -0.101. The van der Waals surface area contributed by atoms with E-state index in [0.29, 0.717) is 0 Å². The van der Waals surface area contributed by atoms with E-state index < -0.39 is 58.8 Å². The van der Waals surface area contributed by atoms with E-state index in [4.69, 9.17) is 9.47 Å². The molecule has 10 heteroatoms. The lowest BCUT2D eigenvalue weighted by atomic mass is 10.1. The fraction of sp³-hybridized carbons (Fsp3) is 0.647. The Balaban J connectivity index is 0.00000261. The highest BCUT2D eigenvalue weighted by Crippen LogP contribution is 2.31. The van der Waals surface area contributed by atoms with Crippen LogP contribution in [-0.4, -0.2) is 86.0 Å². The number of aliphatic hydroxyl groups excluding tert-OH is 5. The molecule has 0 aliphatic carbocycles. The molecule has 1 aromatic carbocycles. The Bertz CT molecular complexity index is 612. The van der Waals surface area contributed by atoms with Crippen LogP contribution in [0.4, 0.5) is 4.39 Å². The van der Waals surface area contributed by atoms with Gasteiger partial charge in [-0.15, -0.1) is 0 Å². The first-order valence-electron chi connectivity index (χ1n) is 8.43. The first-order chi connectivity index (χ1) is 12.4. The van der Waals surface area contributed by atoms with Crippen LogP contribution < -0.4 is 12.4 Å². The van der Waals surface area contributed by atoms with Gasteiger partial charge in [-0.25, -0.2) is 4.39 Å². The van der Waals surface area contributed by atoms with Crippen molar-refractivity contribution < 1.29 is 51.8 Å². The normalized spacial score (nSPS) is 37.6. The number of benzene rings is 1. The average Bonchev–Trinajstić information content (AvgIpc) is 2.89. The third kappa shape index (κ3) is 4.92. The highest BCUT2D eigenvalue weighted by molar-refractivity contribution is 7.97. The zero-order chi connectivity index (χ0) is 18.8. The maximum atomic E-state index is 13.9. The Morgan fingerprint density at radius 1 is 1.19 bits per heavy atom. The highest BCUT2D eigenvalue weighted by Gasteiger charge is 2.51. The molecule has 27 heavy (non-hydrogen) atoms. The maximum Gasteiger partial charge on any atom is 0.187 e. The molecule has 3 rings (SSSR count). The number of hydrogen-bond acceptors (Lipinski definition) is 7. The van der Waals surface area contributed by atoms with Crippen molar-refractivity contribution in [2.75, 3.05) is 24.7 Å². The molecule has 0 radical (unpaired) electrons. The lowest BCUT2D eigenvalue weighted by molar-refractivity contribution is -0.274. The minimum absolute atomic E-state index is 0. The largest absolute Gasteiger partial charge is 1.00 e. The van der Waals surface area contributed by atoms with E-state index in [-0.39, 0.29) is 42.7 Å². The summed E-state index contributed by atoms with van der Waals surface area (Å²) in [7, 11) is -0.638. The molecule has 2 aliphatic rings. The van der Waals surface area contributed by atoms with E-state index >= 15 is 0 Å². The molecule has 0 bridgehead atoms. The molecular weight excluding hydrogens is 403 g/mol. The van der Waals surface area contributed by atoms with Crippen LogP contribution in [0.1, 0.15) is 11.9 Å². The van der Waals surface area contributed by atoms with Crippen molar-refractivity contribution in [3.05, 3.63) is 35.6 Å². The Morgan fingerprint density at radius 3 is 2.56 bits per heavy atom. The second-order valence-corrected chi connectivity index (χ2v) is 8.92. The van der Waals surface area contributed by atoms with E-state index in [0.717, 1.165) is 0 Å². The standard InChI is InChI=1S/C17H24FO7S.ClH/c18-10-4-2-1-3-9(10)17-24-6-11(20)16(25-17)13(22)8-26-7-12(21)15(23)14(26)5-19;/h1-4,11-17,19-23H,5-8H2;1H/q+1;/p-1/t11-,12-,13-,14-,15+,16+,17?,26?;/m1./s1. The predicted octanol–water partition coefficient (Wildman–Crippen LogP) is -4.32. The monoisotopic (exact) mass is 426 g/mol. The summed E-state index contributed by atoms with van der Waals surface area (Å²) in [6.45, 7) is -0.424. The molecule has 5 N–H and O–H groups in total. The van der Waals surface area contributed by atoms with E-state index in [9.17, 15) is 29.9 Å². The number of aliphatic hydroxyl groups is 5. The van der Waals surface area contributed by atoms with Crippen molar-refractivity contribution in [2.45, 2.75) is 42.1 Å². The van der Waals surface area contributed by atoms with Gasteiger partial charge in [0.2, 0.25) is 0 Å². The molecule has 2 unspecified atom stereocenters. The molecular formula is C17H24ClFO7S. The van der Waals surface area contributed by atoms with E-state index in [1.807, 2.05) is 0 Å². The SMILES string of the molecule is OC[C@@H]1[C@@H](O)[C@H](O)C[S+]1C[C@@H](O)[C@H]1OC(c2ccccc2F)OC[C@H]1O.[Cl-]. The first-order valence-corrected chi connectivity index (χ1v) is 10.1. The molecule has 0 saturated carbocycles. The summed E-state index contributed by atoms with van der Waals surface area (Å²) in [4.78, 5) is 0. The van der Waals surface area contributed by atoms with E-state index in [1.165, 1.54) is 18.2 Å². The maximum absolute atomic E-state index is 13.9. The summed E-state index contributed by atoms with van der Waals surface area (Å²) in [5, 5.41) is 49.3. The quantitative estimate of drug-likeness (QED) is 0.302. The topological polar surface area (TPSA) is 120 Å². The lowest BCUT2D eigenvalue weighted by Crippen LogP contribution is -3.00. The van der Waals surface area contributed by atoms with Gasteiger partial charge < -0.3 is 47.4 Å². The molecule has 2 saturated heterocycles. The zero-order valence-electron chi connectivity index (χ0n) is 14.4. The average molecular weight is 427 g/mol. The van der Waals surface area contributed by atoms with Gasteiger partial charge in [0.05, 0.1) is 13.2 Å². The Morgan fingerprint density at radius 2 is 1.89 bits per heavy atom. The third-order valence-electron chi connectivity index (χ3n) is 4.77. The Hall–Kier alpha value is -0.490. The van der Waals surface area contributed by atoms with Crippen LogP contribution >= 0.6 is 0 Å². The summed E-state index contributed by atoms with van der Waals surface area (Å²) in [6.07, 6.45) is -6.25. The number of hydrogen-bond donors (Lipinski definition) is 5. The van der Waals surface area contributed by atoms with Crippen molar-refractivity contribution >= 4 is 10.9 Å². The van der Waals surface area contributed by atoms with Gasteiger partial charge in [0.25, 0.3) is 0 Å². The molecule has 2 heterocycles. The van der Waals surface area contributed by atoms with Gasteiger partial charge in [-0.2, -0.15) is 0 Å². The van der Waals surface area contributed by atoms with Gasteiger partial charge in [-0.05, 0) is 6.07 Å². The van der Waals surface area contributed by atoms with Gasteiger partial charge in [0.15, 0.2) is 11.5 Å². The van der Waals surface area contributed by atoms with Crippen molar-refractivity contribution in [1.82, 2.24) is 0 Å². The highest BCUT2D eigenvalue weighted by atomic mass is 35.5. The minimum Gasteiger partial charge on any atom is -1.00 e. The second kappa shape index (κ2) is 9.82. The zero-order valence-corrected chi connectivity index (χ0v) is 16.0. The van der Waals surface area contributed by atoms with Gasteiger partial charge >= 0.3 is 0 Å². The van der Waals surface area contributed by atoms with Gasteiger partial charge in [-0.3, -0.25) is 0 Å². The first kappa shape index (κ1) is 22.8. The molecule has 1 aromatic rings. The number of rotatable bonds is 5. The van der Waals surface area contributed by atoms with Crippen molar-refractivity contribution in [1.29, 1.82) is 0 Å². The van der Waals surface area contributed by atoms with Gasteiger partial charge in [-0.1, -0.05) is 18.2 Å². The summed E-state index contributed by atoms with van der Waals surface area (Å²) in [5.41, 5.74) is 0.180. The van der Waals surface area contributed by atoms with Crippen LogP contribution in [0.5, 0.6) is 0 Å². The molecule has 154 valence electrons. The van der Waals surface area contributed by atoms with Crippen LogP contribution in [0.3, 0.4) is 0 Å². The van der Waals surface area contributed by atoms with Crippen molar-refractivity contribution in [3.63, 3.8) is 0 Å². The van der Waals surface area contributed by atoms with E-state index in [2.05, 4.69) is 0 Å². The molecule has 0 aromatic heterocycles. The minimum atomic E-state index is -1.11. The van der Waals surface area contributed by atoms with Gasteiger partial charge in [0.1, 0.15) is 47.8 Å². The fourth-order valence-corrected chi connectivity index (χ4v) is 6.02. The van der Waals surface area contributed by atoms with E-state index in [1.54, 1.807) is 6.07 Å². The van der Waals surface area contributed by atoms with Crippen LogP contribution in [-0.2, 0) is 20.4 Å². The summed E-state index contributed by atoms with van der Waals surface area (Å²) in [6, 6.07) is 5.95. The lowest BCUT2D eigenvalue weighted by Gasteiger charge is -2.36. The van der Waals surface area contributed by atoms with Crippen LogP contribution in [0.2, 0.25) is 0 Å². The fourth-order valence-electron chi connectivity index (χ4n) is 3.34. The molecule has 7 nitrogen and oxygen atoms in total. The van der Waals surface area contributed by atoms with Crippen LogP contribution in [0.25, 0.3) is 0 Å². The van der Waals surface area contributed by atoms with Gasteiger partial charge in [0, 0.05) is 16.5 Å². The van der Waals surface area contributed by atoms with Crippen molar-refractivity contribution in [3.8, 4) is 0 Å². The third-order valence-corrected chi connectivity index (χ3v) is 7.59. The van der Waals surface area contributed by atoms with Crippen LogP contribution in [0, 0.1) is 5.82 Å².